The third-order valence-electron chi connectivity index (χ3n) is 4.82. The molecule has 4 rings (SSSR count). The van der Waals surface area contributed by atoms with Gasteiger partial charge in [0.1, 0.15) is 5.82 Å². The van der Waals surface area contributed by atoms with Gasteiger partial charge in [-0.25, -0.2) is 4.98 Å². The first-order chi connectivity index (χ1) is 13.5. The number of para-hydroxylation sites is 1. The fourth-order valence-electron chi connectivity index (χ4n) is 3.41. The van der Waals surface area contributed by atoms with Crippen molar-refractivity contribution in [3.63, 3.8) is 0 Å². The van der Waals surface area contributed by atoms with Gasteiger partial charge in [0.2, 0.25) is 0 Å². The summed E-state index contributed by atoms with van der Waals surface area (Å²) in [5.41, 5.74) is 2.66. The SMILES string of the molecule is CCn1cc(C=Nn2c(C(C)C)nc3ccc(Br)cc3c2=O)c2ccccc21. The number of nitrogens with zero attached hydrogens (tertiary/aromatic N) is 4. The van der Waals surface area contributed by atoms with Crippen LogP contribution in [0.15, 0.2) is 63.0 Å². The van der Waals surface area contributed by atoms with E-state index >= 15 is 0 Å². The molecule has 0 amide bonds. The summed E-state index contributed by atoms with van der Waals surface area (Å²) in [4.78, 5) is 17.8. The molecule has 0 spiro atoms. The highest BCUT2D eigenvalue weighted by Gasteiger charge is 2.14. The average molecular weight is 437 g/mol. The van der Waals surface area contributed by atoms with Crippen LogP contribution in [-0.4, -0.2) is 20.4 Å². The molecular weight excluding hydrogens is 416 g/mol. The third-order valence-corrected chi connectivity index (χ3v) is 5.32. The van der Waals surface area contributed by atoms with Crippen LogP contribution in [0.5, 0.6) is 0 Å². The standard InChI is InChI=1S/C22H21BrN4O/c1-4-26-13-15(17-7-5-6-8-20(17)26)12-24-27-21(14(2)3)25-19-10-9-16(23)11-18(19)22(27)28/h5-14H,4H2,1-3H3. The molecule has 0 saturated carbocycles. The maximum Gasteiger partial charge on any atom is 0.282 e. The van der Waals surface area contributed by atoms with Crippen molar-refractivity contribution in [3.05, 3.63) is 74.9 Å². The molecule has 0 aliphatic heterocycles. The van der Waals surface area contributed by atoms with E-state index in [4.69, 9.17) is 4.98 Å². The molecule has 142 valence electrons. The maximum atomic E-state index is 13.1. The Labute approximate surface area is 171 Å². The minimum atomic E-state index is -0.162. The molecule has 2 aromatic carbocycles. The van der Waals surface area contributed by atoms with Crippen molar-refractivity contribution in [2.24, 2.45) is 5.10 Å². The van der Waals surface area contributed by atoms with Crippen molar-refractivity contribution in [1.29, 1.82) is 0 Å². The van der Waals surface area contributed by atoms with Crippen molar-refractivity contribution in [2.45, 2.75) is 33.2 Å². The van der Waals surface area contributed by atoms with E-state index in [1.807, 2.05) is 38.1 Å². The van der Waals surface area contributed by atoms with Crippen molar-refractivity contribution in [2.75, 3.05) is 0 Å². The molecular formula is C22H21BrN4O. The van der Waals surface area contributed by atoms with E-state index in [9.17, 15) is 4.79 Å². The van der Waals surface area contributed by atoms with Crippen LogP contribution < -0.4 is 5.56 Å². The topological polar surface area (TPSA) is 52.2 Å². The Morgan fingerprint density at radius 1 is 1.18 bits per heavy atom. The smallest absolute Gasteiger partial charge is 0.282 e. The average Bonchev–Trinajstić information content (AvgIpc) is 3.05. The van der Waals surface area contributed by atoms with Crippen LogP contribution in [0, 0.1) is 0 Å². The Balaban J connectivity index is 1.91. The number of fused-ring (bicyclic) bond motifs is 2. The zero-order valence-corrected chi connectivity index (χ0v) is 17.6. The highest BCUT2D eigenvalue weighted by atomic mass is 79.9. The number of halogens is 1. The first-order valence-corrected chi connectivity index (χ1v) is 10.1. The summed E-state index contributed by atoms with van der Waals surface area (Å²) in [6, 6.07) is 13.8. The summed E-state index contributed by atoms with van der Waals surface area (Å²) in [6.45, 7) is 7.01. The lowest BCUT2D eigenvalue weighted by molar-refractivity contribution is 0.665. The van der Waals surface area contributed by atoms with Gasteiger partial charge < -0.3 is 4.57 Å². The summed E-state index contributed by atoms with van der Waals surface area (Å²) in [7, 11) is 0. The van der Waals surface area contributed by atoms with E-state index in [1.54, 1.807) is 12.3 Å². The minimum absolute atomic E-state index is 0.0647. The van der Waals surface area contributed by atoms with Crippen LogP contribution in [0.1, 0.15) is 38.1 Å². The molecule has 6 heteroatoms. The molecule has 0 aliphatic carbocycles. The van der Waals surface area contributed by atoms with Gasteiger partial charge in [-0.2, -0.15) is 9.78 Å². The lowest BCUT2D eigenvalue weighted by Gasteiger charge is -2.11. The largest absolute Gasteiger partial charge is 0.347 e. The van der Waals surface area contributed by atoms with Gasteiger partial charge in [-0.1, -0.05) is 48.0 Å². The monoisotopic (exact) mass is 436 g/mol. The summed E-state index contributed by atoms with van der Waals surface area (Å²) in [5, 5.41) is 6.23. The van der Waals surface area contributed by atoms with E-state index < -0.39 is 0 Å². The van der Waals surface area contributed by atoms with Crippen LogP contribution in [0.2, 0.25) is 0 Å². The molecule has 0 radical (unpaired) electrons. The zero-order valence-electron chi connectivity index (χ0n) is 16.1. The van der Waals surface area contributed by atoms with E-state index in [1.165, 1.54) is 4.68 Å². The lowest BCUT2D eigenvalue weighted by Crippen LogP contribution is -2.23. The Morgan fingerprint density at radius 3 is 2.71 bits per heavy atom. The van der Waals surface area contributed by atoms with Crippen molar-refractivity contribution >= 4 is 44.0 Å². The van der Waals surface area contributed by atoms with Crippen LogP contribution in [0.3, 0.4) is 0 Å². The second-order valence-electron chi connectivity index (χ2n) is 7.04. The molecule has 0 bridgehead atoms. The van der Waals surface area contributed by atoms with E-state index in [-0.39, 0.29) is 11.5 Å². The number of rotatable bonds is 4. The molecule has 0 atom stereocenters. The van der Waals surface area contributed by atoms with Gasteiger partial charge in [0.25, 0.3) is 5.56 Å². The predicted molar refractivity (Wildman–Crippen MR) is 118 cm³/mol. The fourth-order valence-corrected chi connectivity index (χ4v) is 3.77. The normalized spacial score (nSPS) is 12.0. The van der Waals surface area contributed by atoms with Gasteiger partial charge in [0, 0.05) is 39.6 Å². The van der Waals surface area contributed by atoms with Crippen molar-refractivity contribution in [1.82, 2.24) is 14.2 Å². The maximum absolute atomic E-state index is 13.1. The number of aromatic nitrogens is 3. The molecule has 0 unspecified atom stereocenters. The predicted octanol–water partition coefficient (Wildman–Crippen LogP) is 5.14. The highest BCUT2D eigenvalue weighted by molar-refractivity contribution is 9.10. The first-order valence-electron chi connectivity index (χ1n) is 9.34. The second-order valence-corrected chi connectivity index (χ2v) is 7.95. The van der Waals surface area contributed by atoms with Crippen LogP contribution in [0.25, 0.3) is 21.8 Å². The zero-order chi connectivity index (χ0) is 19.8. The molecule has 2 aromatic heterocycles. The van der Waals surface area contributed by atoms with E-state index in [2.05, 4.69) is 50.9 Å². The Hall–Kier alpha value is -2.73. The minimum Gasteiger partial charge on any atom is -0.347 e. The number of hydrogen-bond acceptors (Lipinski definition) is 3. The highest BCUT2D eigenvalue weighted by Crippen LogP contribution is 2.21. The lowest BCUT2D eigenvalue weighted by atomic mass is 10.2. The van der Waals surface area contributed by atoms with Gasteiger partial charge >= 0.3 is 0 Å². The second kappa shape index (κ2) is 7.36. The molecule has 5 nitrogen and oxygen atoms in total. The van der Waals surface area contributed by atoms with Gasteiger partial charge in [-0.15, -0.1) is 0 Å². The van der Waals surface area contributed by atoms with Gasteiger partial charge in [0.15, 0.2) is 0 Å². The third kappa shape index (κ3) is 3.18. The van der Waals surface area contributed by atoms with Crippen LogP contribution in [0.4, 0.5) is 0 Å². The molecule has 0 N–H and O–H groups in total. The molecule has 0 aliphatic rings. The van der Waals surface area contributed by atoms with Crippen LogP contribution >= 0.6 is 15.9 Å². The molecule has 0 saturated heterocycles. The van der Waals surface area contributed by atoms with Gasteiger partial charge in [0.05, 0.1) is 17.1 Å². The Kier molecular flexibility index (Phi) is 4.89. The number of hydrogen-bond donors (Lipinski definition) is 0. The molecule has 2 heterocycles. The Bertz CT molecular complexity index is 1270. The van der Waals surface area contributed by atoms with Gasteiger partial charge in [-0.05, 0) is 31.2 Å². The number of benzene rings is 2. The summed E-state index contributed by atoms with van der Waals surface area (Å²) in [5.74, 6) is 0.713. The summed E-state index contributed by atoms with van der Waals surface area (Å²) < 4.78 is 4.45. The molecule has 28 heavy (non-hydrogen) atoms. The fraction of sp³-hybridized carbons (Fsp3) is 0.227. The van der Waals surface area contributed by atoms with E-state index in [0.717, 1.165) is 27.5 Å². The van der Waals surface area contributed by atoms with Crippen molar-refractivity contribution < 1.29 is 0 Å². The van der Waals surface area contributed by atoms with E-state index in [0.29, 0.717) is 16.7 Å². The Morgan fingerprint density at radius 2 is 1.96 bits per heavy atom. The quantitative estimate of drug-likeness (QED) is 0.415. The number of aryl methyl sites for hydroxylation is 1. The van der Waals surface area contributed by atoms with Crippen LogP contribution in [-0.2, 0) is 6.54 Å². The molecule has 0 fully saturated rings. The summed E-state index contributed by atoms with van der Waals surface area (Å²) >= 11 is 3.43. The van der Waals surface area contributed by atoms with Crippen molar-refractivity contribution in [3.8, 4) is 0 Å². The first kappa shape index (κ1) is 18.6. The summed E-state index contributed by atoms with van der Waals surface area (Å²) in [6.07, 6.45) is 3.83. The van der Waals surface area contributed by atoms with Gasteiger partial charge in [-0.3, -0.25) is 4.79 Å². The molecule has 4 aromatic rings.